The molecule has 0 bridgehead atoms. The van der Waals surface area contributed by atoms with E-state index < -0.39 is 6.10 Å². The van der Waals surface area contributed by atoms with Gasteiger partial charge in [-0.05, 0) is 40.5 Å². The molecule has 0 saturated carbocycles. The first kappa shape index (κ1) is 13.2. The maximum atomic E-state index is 13.4. The SMILES string of the molecule is CCn1nccc1C(O)Cc1cccc(F)c1Br. The molecule has 1 unspecified atom stereocenters. The highest BCUT2D eigenvalue weighted by molar-refractivity contribution is 9.10. The summed E-state index contributed by atoms with van der Waals surface area (Å²) in [7, 11) is 0. The normalized spacial score (nSPS) is 12.7. The van der Waals surface area contributed by atoms with Gasteiger partial charge in [0, 0.05) is 19.2 Å². The minimum absolute atomic E-state index is 0.316. The number of aromatic nitrogens is 2. The molecule has 1 N–H and O–H groups in total. The van der Waals surface area contributed by atoms with Crippen LogP contribution >= 0.6 is 15.9 Å². The molecule has 18 heavy (non-hydrogen) atoms. The fraction of sp³-hybridized carbons (Fsp3) is 0.308. The van der Waals surface area contributed by atoms with Gasteiger partial charge in [-0.3, -0.25) is 4.68 Å². The van der Waals surface area contributed by atoms with Crippen molar-refractivity contribution in [3.8, 4) is 0 Å². The number of halogens is 2. The molecule has 0 aliphatic heterocycles. The van der Waals surface area contributed by atoms with Crippen molar-refractivity contribution < 1.29 is 9.50 Å². The van der Waals surface area contributed by atoms with Crippen molar-refractivity contribution in [1.29, 1.82) is 0 Å². The van der Waals surface area contributed by atoms with Crippen LogP contribution in [-0.2, 0) is 13.0 Å². The molecule has 0 spiro atoms. The molecule has 1 heterocycles. The van der Waals surface area contributed by atoms with Gasteiger partial charge >= 0.3 is 0 Å². The summed E-state index contributed by atoms with van der Waals surface area (Å²) in [6, 6.07) is 6.60. The number of rotatable bonds is 4. The Kier molecular flexibility index (Phi) is 4.14. The van der Waals surface area contributed by atoms with Crippen LogP contribution in [0.15, 0.2) is 34.9 Å². The summed E-state index contributed by atoms with van der Waals surface area (Å²) in [4.78, 5) is 0. The Hall–Kier alpha value is -1.20. The molecule has 0 radical (unpaired) electrons. The van der Waals surface area contributed by atoms with Gasteiger partial charge in [0.25, 0.3) is 0 Å². The van der Waals surface area contributed by atoms with Gasteiger partial charge in [-0.1, -0.05) is 12.1 Å². The molecule has 0 aliphatic carbocycles. The fourth-order valence-corrected chi connectivity index (χ4v) is 2.34. The van der Waals surface area contributed by atoms with Gasteiger partial charge in [-0.15, -0.1) is 0 Å². The van der Waals surface area contributed by atoms with Crippen LogP contribution in [-0.4, -0.2) is 14.9 Å². The molecule has 5 heteroatoms. The molecule has 1 aromatic carbocycles. The van der Waals surface area contributed by atoms with Crippen LogP contribution in [0.4, 0.5) is 4.39 Å². The molecule has 1 atom stereocenters. The van der Waals surface area contributed by atoms with E-state index in [-0.39, 0.29) is 5.82 Å². The largest absolute Gasteiger partial charge is 0.386 e. The summed E-state index contributed by atoms with van der Waals surface area (Å²) in [6.07, 6.45) is 1.32. The molecule has 3 nitrogen and oxygen atoms in total. The van der Waals surface area contributed by atoms with Crippen LogP contribution in [0.3, 0.4) is 0 Å². The molecule has 0 saturated heterocycles. The zero-order valence-corrected chi connectivity index (χ0v) is 11.6. The van der Waals surface area contributed by atoms with Gasteiger partial charge in [0.05, 0.1) is 16.3 Å². The summed E-state index contributed by atoms with van der Waals surface area (Å²) in [5, 5.41) is 14.3. The minimum atomic E-state index is -0.689. The van der Waals surface area contributed by atoms with Crippen LogP contribution < -0.4 is 0 Å². The summed E-state index contributed by atoms with van der Waals surface area (Å²) in [5.41, 5.74) is 1.49. The molecule has 0 amide bonds. The van der Waals surface area contributed by atoms with Crippen LogP contribution in [0.25, 0.3) is 0 Å². The molecule has 2 aromatic rings. The van der Waals surface area contributed by atoms with E-state index >= 15 is 0 Å². The van der Waals surface area contributed by atoms with Crippen molar-refractivity contribution in [1.82, 2.24) is 9.78 Å². The standard InChI is InChI=1S/C13H14BrFN2O/c1-2-17-11(6-7-16-17)12(18)8-9-4-3-5-10(15)13(9)14/h3-7,12,18H,2,8H2,1H3. The number of hydrogen-bond donors (Lipinski definition) is 1. The quantitative estimate of drug-likeness (QED) is 0.942. The lowest BCUT2D eigenvalue weighted by Crippen LogP contribution is -2.10. The van der Waals surface area contributed by atoms with Gasteiger partial charge in [0.2, 0.25) is 0 Å². The third-order valence-corrected chi connectivity index (χ3v) is 3.72. The summed E-state index contributed by atoms with van der Waals surface area (Å²) >= 11 is 3.20. The number of nitrogens with zero attached hydrogens (tertiary/aromatic N) is 2. The van der Waals surface area contributed by atoms with Crippen molar-refractivity contribution >= 4 is 15.9 Å². The van der Waals surface area contributed by atoms with E-state index in [2.05, 4.69) is 21.0 Å². The Morgan fingerprint density at radius 3 is 2.94 bits per heavy atom. The van der Waals surface area contributed by atoms with Gasteiger partial charge in [0.15, 0.2) is 0 Å². The van der Waals surface area contributed by atoms with E-state index in [1.54, 1.807) is 29.1 Å². The Balaban J connectivity index is 2.21. The highest BCUT2D eigenvalue weighted by Gasteiger charge is 2.15. The maximum Gasteiger partial charge on any atom is 0.137 e. The first-order valence-electron chi connectivity index (χ1n) is 5.76. The third kappa shape index (κ3) is 2.62. The third-order valence-electron chi connectivity index (χ3n) is 2.84. The number of benzene rings is 1. The molecule has 1 aromatic heterocycles. The topological polar surface area (TPSA) is 38.0 Å². The molecular weight excluding hydrogens is 299 g/mol. The van der Waals surface area contributed by atoms with Gasteiger partial charge in [0.1, 0.15) is 5.82 Å². The highest BCUT2D eigenvalue weighted by atomic mass is 79.9. The number of aryl methyl sites for hydroxylation is 1. The Morgan fingerprint density at radius 1 is 1.44 bits per heavy atom. The first-order chi connectivity index (χ1) is 8.63. The lowest BCUT2D eigenvalue weighted by molar-refractivity contribution is 0.167. The smallest absolute Gasteiger partial charge is 0.137 e. The lowest BCUT2D eigenvalue weighted by Gasteiger charge is -2.13. The van der Waals surface area contributed by atoms with Gasteiger partial charge < -0.3 is 5.11 Å². The molecule has 96 valence electrons. The average Bonchev–Trinajstić information content (AvgIpc) is 2.83. The number of aliphatic hydroxyl groups is 1. The monoisotopic (exact) mass is 312 g/mol. The van der Waals surface area contributed by atoms with E-state index in [9.17, 15) is 9.50 Å². The van der Waals surface area contributed by atoms with E-state index in [1.165, 1.54) is 6.07 Å². The lowest BCUT2D eigenvalue weighted by atomic mass is 10.1. The zero-order valence-electron chi connectivity index (χ0n) is 9.98. The summed E-state index contributed by atoms with van der Waals surface area (Å²) in [6.45, 7) is 2.66. The number of aliphatic hydroxyl groups excluding tert-OH is 1. The van der Waals surface area contributed by atoms with Crippen molar-refractivity contribution in [3.63, 3.8) is 0 Å². The Morgan fingerprint density at radius 2 is 2.22 bits per heavy atom. The molecule has 0 fully saturated rings. The predicted molar refractivity (Wildman–Crippen MR) is 70.7 cm³/mol. The molecule has 2 rings (SSSR count). The van der Waals surface area contributed by atoms with Crippen molar-refractivity contribution in [2.75, 3.05) is 0 Å². The van der Waals surface area contributed by atoms with E-state index in [0.717, 1.165) is 11.3 Å². The van der Waals surface area contributed by atoms with Crippen LogP contribution in [0, 0.1) is 5.82 Å². The molecular formula is C13H14BrFN2O. The first-order valence-corrected chi connectivity index (χ1v) is 6.55. The maximum absolute atomic E-state index is 13.4. The predicted octanol–water partition coefficient (Wildman–Crippen LogP) is 3.08. The zero-order chi connectivity index (χ0) is 13.1. The fourth-order valence-electron chi connectivity index (χ4n) is 1.91. The summed E-state index contributed by atoms with van der Waals surface area (Å²) in [5.74, 6) is -0.316. The van der Waals surface area contributed by atoms with Gasteiger partial charge in [-0.2, -0.15) is 5.10 Å². The van der Waals surface area contributed by atoms with Crippen LogP contribution in [0.5, 0.6) is 0 Å². The second-order valence-corrected chi connectivity index (χ2v) is 4.80. The van der Waals surface area contributed by atoms with Crippen molar-refractivity contribution in [3.05, 3.63) is 52.0 Å². The highest BCUT2D eigenvalue weighted by Crippen LogP contribution is 2.25. The second kappa shape index (κ2) is 5.63. The Labute approximate surface area is 113 Å². The van der Waals surface area contributed by atoms with Crippen LogP contribution in [0.2, 0.25) is 0 Å². The summed E-state index contributed by atoms with van der Waals surface area (Å²) < 4.78 is 15.5. The van der Waals surface area contributed by atoms with Crippen LogP contribution in [0.1, 0.15) is 24.3 Å². The molecule has 0 aliphatic rings. The van der Waals surface area contributed by atoms with Gasteiger partial charge in [-0.25, -0.2) is 4.39 Å². The van der Waals surface area contributed by atoms with E-state index in [4.69, 9.17) is 0 Å². The Bertz CT molecular complexity index is 542. The second-order valence-electron chi connectivity index (χ2n) is 4.00. The van der Waals surface area contributed by atoms with Crippen molar-refractivity contribution in [2.45, 2.75) is 26.0 Å². The van der Waals surface area contributed by atoms with E-state index in [0.29, 0.717) is 17.4 Å². The number of hydrogen-bond acceptors (Lipinski definition) is 2. The van der Waals surface area contributed by atoms with Crippen molar-refractivity contribution in [2.24, 2.45) is 0 Å². The van der Waals surface area contributed by atoms with E-state index in [1.807, 2.05) is 6.92 Å². The minimum Gasteiger partial charge on any atom is -0.386 e. The average molecular weight is 313 g/mol.